The molecular weight excluding hydrogens is 354 g/mol. The molecule has 0 spiro atoms. The van der Waals surface area contributed by atoms with Crippen LogP contribution in [-0.2, 0) is 16.1 Å². The van der Waals surface area contributed by atoms with Crippen molar-refractivity contribution in [1.82, 2.24) is 19.7 Å². The summed E-state index contributed by atoms with van der Waals surface area (Å²) in [6.45, 7) is 2.29. The maximum Gasteiger partial charge on any atom is 0.261 e. The fourth-order valence-corrected chi connectivity index (χ4v) is 3.20. The van der Waals surface area contributed by atoms with Gasteiger partial charge in [0.15, 0.2) is 0 Å². The monoisotopic (exact) mass is 373 g/mol. The number of methoxy groups -OCH3 is 1. The van der Waals surface area contributed by atoms with Crippen LogP contribution in [0.5, 0.6) is 0 Å². The average molecular weight is 373 g/mol. The van der Waals surface area contributed by atoms with Gasteiger partial charge in [-0.05, 0) is 25.5 Å². The van der Waals surface area contributed by atoms with E-state index >= 15 is 0 Å². The molecule has 3 aromatic rings. The minimum atomic E-state index is -0.167. The van der Waals surface area contributed by atoms with Crippen LogP contribution in [0.25, 0.3) is 10.9 Å². The van der Waals surface area contributed by atoms with Crippen molar-refractivity contribution < 1.29 is 9.53 Å². The number of aromatic nitrogens is 4. The summed E-state index contributed by atoms with van der Waals surface area (Å²) in [7, 11) is 1.59. The van der Waals surface area contributed by atoms with Crippen molar-refractivity contribution in [2.45, 2.75) is 32.4 Å². The molecule has 0 radical (unpaired) electrons. The highest BCUT2D eigenvalue weighted by atomic mass is 32.1. The summed E-state index contributed by atoms with van der Waals surface area (Å²) in [5.41, 5.74) is 0.571. The van der Waals surface area contributed by atoms with Gasteiger partial charge in [-0.25, -0.2) is 4.98 Å². The van der Waals surface area contributed by atoms with E-state index in [-0.39, 0.29) is 24.0 Å². The average Bonchev–Trinajstić information content (AvgIpc) is 3.11. The largest absolute Gasteiger partial charge is 0.374 e. The van der Waals surface area contributed by atoms with Gasteiger partial charge in [0, 0.05) is 20.1 Å². The molecule has 1 aromatic carbocycles. The lowest BCUT2D eigenvalue weighted by molar-refractivity contribution is -0.116. The van der Waals surface area contributed by atoms with Crippen LogP contribution >= 0.6 is 11.3 Å². The van der Waals surface area contributed by atoms with Crippen molar-refractivity contribution in [3.8, 4) is 0 Å². The van der Waals surface area contributed by atoms with Crippen LogP contribution in [0.15, 0.2) is 35.4 Å². The number of aryl methyl sites for hydroxylation is 1. The summed E-state index contributed by atoms with van der Waals surface area (Å²) >= 11 is 1.28. The highest BCUT2D eigenvalue weighted by Crippen LogP contribution is 2.23. The second kappa shape index (κ2) is 8.15. The Morgan fingerprint density at radius 1 is 1.35 bits per heavy atom. The summed E-state index contributed by atoms with van der Waals surface area (Å²) in [6.07, 6.45) is 2.15. The second-order valence-electron chi connectivity index (χ2n) is 5.74. The molecule has 26 heavy (non-hydrogen) atoms. The number of carbonyl (C=O) groups is 1. The van der Waals surface area contributed by atoms with E-state index in [9.17, 15) is 9.59 Å². The molecule has 2 heterocycles. The zero-order chi connectivity index (χ0) is 18.5. The SMILES string of the molecule is COC(C)c1nnc(NC(=O)CCCn2cnc3ccccc3c2=O)s1. The van der Waals surface area contributed by atoms with Gasteiger partial charge in [0.05, 0.1) is 17.2 Å². The number of carbonyl (C=O) groups excluding carboxylic acids is 1. The van der Waals surface area contributed by atoms with Crippen LogP contribution < -0.4 is 10.9 Å². The van der Waals surface area contributed by atoms with Gasteiger partial charge in [-0.1, -0.05) is 23.5 Å². The van der Waals surface area contributed by atoms with E-state index in [0.29, 0.717) is 34.0 Å². The molecule has 0 aliphatic rings. The summed E-state index contributed by atoms with van der Waals surface area (Å²) < 4.78 is 6.69. The summed E-state index contributed by atoms with van der Waals surface area (Å²) in [6, 6.07) is 7.21. The Morgan fingerprint density at radius 3 is 2.96 bits per heavy atom. The molecule has 3 rings (SSSR count). The smallest absolute Gasteiger partial charge is 0.261 e. The Kier molecular flexibility index (Phi) is 5.69. The second-order valence-corrected chi connectivity index (χ2v) is 6.74. The van der Waals surface area contributed by atoms with Crippen molar-refractivity contribution in [3.63, 3.8) is 0 Å². The third-order valence-corrected chi connectivity index (χ3v) is 4.92. The van der Waals surface area contributed by atoms with Crippen molar-refractivity contribution in [3.05, 3.63) is 46.0 Å². The molecule has 0 saturated carbocycles. The molecule has 8 nitrogen and oxygen atoms in total. The molecule has 0 aliphatic heterocycles. The number of anilines is 1. The van der Waals surface area contributed by atoms with Crippen LogP contribution in [0.3, 0.4) is 0 Å². The number of rotatable bonds is 7. The number of amides is 1. The van der Waals surface area contributed by atoms with Crippen LogP contribution in [0.1, 0.15) is 30.9 Å². The van der Waals surface area contributed by atoms with Crippen molar-refractivity contribution >= 4 is 33.3 Å². The van der Waals surface area contributed by atoms with Crippen molar-refractivity contribution in [1.29, 1.82) is 0 Å². The molecule has 0 bridgehead atoms. The molecule has 0 saturated heterocycles. The number of benzene rings is 1. The predicted molar refractivity (Wildman–Crippen MR) is 99.2 cm³/mol. The Bertz CT molecular complexity index is 968. The number of nitrogens with zero attached hydrogens (tertiary/aromatic N) is 4. The third-order valence-electron chi connectivity index (χ3n) is 3.92. The highest BCUT2D eigenvalue weighted by Gasteiger charge is 2.13. The predicted octanol–water partition coefficient (Wildman–Crippen LogP) is 2.37. The number of hydrogen-bond donors (Lipinski definition) is 1. The van der Waals surface area contributed by atoms with Crippen LogP contribution in [-0.4, -0.2) is 32.8 Å². The van der Waals surface area contributed by atoms with E-state index in [4.69, 9.17) is 4.74 Å². The molecule has 0 aliphatic carbocycles. The number of hydrogen-bond acceptors (Lipinski definition) is 7. The molecule has 136 valence electrons. The van der Waals surface area contributed by atoms with Gasteiger partial charge in [0.25, 0.3) is 5.56 Å². The number of nitrogens with one attached hydrogen (secondary N) is 1. The number of fused-ring (bicyclic) bond motifs is 1. The number of para-hydroxylation sites is 1. The molecule has 9 heteroatoms. The first-order valence-corrected chi connectivity index (χ1v) is 9.00. The summed E-state index contributed by atoms with van der Waals surface area (Å²) in [5, 5.41) is 12.4. The summed E-state index contributed by atoms with van der Waals surface area (Å²) in [5.74, 6) is -0.167. The van der Waals surface area contributed by atoms with Crippen LogP contribution in [0.2, 0.25) is 0 Å². The Hall–Kier alpha value is -2.65. The fraction of sp³-hybridized carbons (Fsp3) is 0.353. The van der Waals surface area contributed by atoms with Crippen LogP contribution in [0, 0.1) is 0 Å². The maximum atomic E-state index is 12.4. The van der Waals surface area contributed by atoms with E-state index in [1.165, 1.54) is 22.2 Å². The maximum absolute atomic E-state index is 12.4. The fourth-order valence-electron chi connectivity index (χ4n) is 2.41. The van der Waals surface area contributed by atoms with E-state index < -0.39 is 0 Å². The molecule has 1 amide bonds. The first-order valence-electron chi connectivity index (χ1n) is 8.18. The van der Waals surface area contributed by atoms with Gasteiger partial charge in [0.2, 0.25) is 11.0 Å². The molecule has 1 unspecified atom stereocenters. The van der Waals surface area contributed by atoms with Crippen molar-refractivity contribution in [2.75, 3.05) is 12.4 Å². The van der Waals surface area contributed by atoms with E-state index in [0.717, 1.165) is 0 Å². The van der Waals surface area contributed by atoms with Gasteiger partial charge < -0.3 is 10.1 Å². The topological polar surface area (TPSA) is 99.0 Å². The Morgan fingerprint density at radius 2 is 2.15 bits per heavy atom. The normalized spacial score (nSPS) is 12.2. The van der Waals surface area contributed by atoms with Crippen LogP contribution in [0.4, 0.5) is 5.13 Å². The standard InChI is InChI=1S/C17H19N5O3S/c1-11(25-2)15-20-21-17(26-15)19-14(23)8-5-9-22-10-18-13-7-4-3-6-12(13)16(22)24/h3-4,6-7,10-11H,5,8-9H2,1-2H3,(H,19,21,23). The van der Waals surface area contributed by atoms with Gasteiger partial charge in [-0.3, -0.25) is 14.2 Å². The molecule has 2 aromatic heterocycles. The quantitative estimate of drug-likeness (QED) is 0.683. The molecule has 1 atom stereocenters. The minimum Gasteiger partial charge on any atom is -0.374 e. The highest BCUT2D eigenvalue weighted by molar-refractivity contribution is 7.15. The van der Waals surface area contributed by atoms with Crippen molar-refractivity contribution in [2.24, 2.45) is 0 Å². The zero-order valence-electron chi connectivity index (χ0n) is 14.5. The lowest BCUT2D eigenvalue weighted by atomic mass is 10.2. The lowest BCUT2D eigenvalue weighted by Gasteiger charge is -2.06. The van der Waals surface area contributed by atoms with Gasteiger partial charge >= 0.3 is 0 Å². The van der Waals surface area contributed by atoms with Gasteiger partial charge in [-0.15, -0.1) is 10.2 Å². The van der Waals surface area contributed by atoms with E-state index in [2.05, 4.69) is 20.5 Å². The first kappa shape index (κ1) is 18.2. The first-order chi connectivity index (χ1) is 12.6. The Labute approximate surface area is 153 Å². The number of ether oxygens (including phenoxy) is 1. The third kappa shape index (κ3) is 4.12. The van der Waals surface area contributed by atoms with Gasteiger partial charge in [0.1, 0.15) is 11.1 Å². The zero-order valence-corrected chi connectivity index (χ0v) is 15.3. The van der Waals surface area contributed by atoms with E-state index in [1.54, 1.807) is 19.2 Å². The van der Waals surface area contributed by atoms with Gasteiger partial charge in [-0.2, -0.15) is 0 Å². The summed E-state index contributed by atoms with van der Waals surface area (Å²) in [4.78, 5) is 28.7. The van der Waals surface area contributed by atoms with E-state index in [1.807, 2.05) is 19.1 Å². The Balaban J connectivity index is 1.55. The molecule has 0 fully saturated rings. The lowest BCUT2D eigenvalue weighted by Crippen LogP contribution is -2.21. The molecule has 1 N–H and O–H groups in total. The molecular formula is C17H19N5O3S. The minimum absolute atomic E-state index is 0.0988.